The highest BCUT2D eigenvalue weighted by Gasteiger charge is 2.35. The fourth-order valence-corrected chi connectivity index (χ4v) is 2.45. The first-order chi connectivity index (χ1) is 9.04. The van der Waals surface area contributed by atoms with Gasteiger partial charge in [0.25, 0.3) is 0 Å². The summed E-state index contributed by atoms with van der Waals surface area (Å²) in [5.74, 6) is -0.421. The van der Waals surface area contributed by atoms with Gasteiger partial charge < -0.3 is 10.2 Å². The number of carbonyl (C=O) groups excluding carboxylic acids is 1. The average molecular weight is 318 g/mol. The van der Waals surface area contributed by atoms with Gasteiger partial charge in [-0.05, 0) is 24.3 Å². The Morgan fingerprint density at radius 3 is 2.42 bits per heavy atom. The van der Waals surface area contributed by atoms with Crippen molar-refractivity contribution in [3.8, 4) is 6.07 Å². The predicted molar refractivity (Wildman–Crippen MR) is 78.1 cm³/mol. The maximum absolute atomic E-state index is 11.1. The molecular weight excluding hydrogens is 305 g/mol. The van der Waals surface area contributed by atoms with E-state index in [4.69, 9.17) is 7.85 Å². The van der Waals surface area contributed by atoms with Crippen molar-refractivity contribution in [2.75, 3.05) is 18.4 Å². The van der Waals surface area contributed by atoms with Gasteiger partial charge in [-0.25, -0.2) is 0 Å². The largest absolute Gasteiger partial charge is 0.367 e. The highest BCUT2D eigenvalue weighted by atomic mass is 79.9. The monoisotopic (exact) mass is 317 g/mol. The lowest BCUT2D eigenvalue weighted by Gasteiger charge is -2.38. The maximum atomic E-state index is 11.1. The zero-order valence-electron chi connectivity index (χ0n) is 10.4. The molecule has 4 nitrogen and oxygen atoms in total. The molecule has 0 bridgehead atoms. The van der Waals surface area contributed by atoms with Gasteiger partial charge in [0.05, 0.1) is 6.07 Å². The van der Waals surface area contributed by atoms with Crippen molar-refractivity contribution in [2.24, 2.45) is 0 Å². The van der Waals surface area contributed by atoms with Crippen LogP contribution >= 0.6 is 15.9 Å². The Morgan fingerprint density at radius 2 is 1.95 bits per heavy atom. The fourth-order valence-electron chi connectivity index (χ4n) is 2.18. The van der Waals surface area contributed by atoms with Crippen LogP contribution in [-0.4, -0.2) is 37.2 Å². The second kappa shape index (κ2) is 5.66. The molecule has 0 atom stereocenters. The molecule has 0 saturated carbocycles. The van der Waals surface area contributed by atoms with E-state index in [9.17, 15) is 10.1 Å². The van der Waals surface area contributed by atoms with Crippen LogP contribution < -0.4 is 5.32 Å². The number of amides is 1. The molecule has 0 spiro atoms. The Hall–Kier alpha value is -1.48. The summed E-state index contributed by atoms with van der Waals surface area (Å²) in [7, 11) is 5.24. The van der Waals surface area contributed by atoms with Gasteiger partial charge in [0.15, 0.2) is 5.81 Å². The lowest BCUT2D eigenvalue weighted by molar-refractivity contribution is 0.198. The van der Waals surface area contributed by atoms with Crippen LogP contribution in [0.3, 0.4) is 0 Å². The van der Waals surface area contributed by atoms with Crippen LogP contribution in [-0.2, 0) is 0 Å². The van der Waals surface area contributed by atoms with Crippen molar-refractivity contribution in [3.05, 3.63) is 28.7 Å². The van der Waals surface area contributed by atoms with Crippen molar-refractivity contribution in [1.29, 1.82) is 5.26 Å². The molecule has 1 aromatic carbocycles. The van der Waals surface area contributed by atoms with Crippen molar-refractivity contribution in [1.82, 2.24) is 4.90 Å². The molecule has 1 amide bonds. The van der Waals surface area contributed by atoms with E-state index in [1.807, 2.05) is 24.3 Å². The molecule has 1 saturated heterocycles. The molecule has 19 heavy (non-hydrogen) atoms. The van der Waals surface area contributed by atoms with Gasteiger partial charge in [-0.1, -0.05) is 15.9 Å². The molecule has 1 aliphatic rings. The fraction of sp³-hybridized carbons (Fsp3) is 0.385. The van der Waals surface area contributed by atoms with Crippen molar-refractivity contribution >= 4 is 35.3 Å². The number of piperidine rings is 1. The van der Waals surface area contributed by atoms with Crippen LogP contribution in [0.4, 0.5) is 10.5 Å². The zero-order valence-corrected chi connectivity index (χ0v) is 12.0. The molecule has 0 unspecified atom stereocenters. The number of benzene rings is 1. The Kier molecular flexibility index (Phi) is 4.15. The molecule has 1 heterocycles. The number of nitrogens with zero attached hydrogens (tertiary/aromatic N) is 2. The number of likely N-dealkylation sites (tertiary alicyclic amines) is 1. The molecule has 1 aromatic rings. The summed E-state index contributed by atoms with van der Waals surface area (Å²) in [6, 6.07) is 10.0. The summed E-state index contributed by atoms with van der Waals surface area (Å²) in [5, 5.41) is 12.7. The van der Waals surface area contributed by atoms with Gasteiger partial charge >= 0.3 is 0 Å². The lowest BCUT2D eigenvalue weighted by atomic mass is 9.87. The topological polar surface area (TPSA) is 56.1 Å². The van der Waals surface area contributed by atoms with Crippen LogP contribution in [0.15, 0.2) is 28.7 Å². The van der Waals surface area contributed by atoms with E-state index < -0.39 is 11.3 Å². The molecule has 0 aliphatic carbocycles. The van der Waals surface area contributed by atoms with Crippen molar-refractivity contribution in [3.63, 3.8) is 0 Å². The summed E-state index contributed by atoms with van der Waals surface area (Å²) in [4.78, 5) is 12.7. The number of rotatable bonds is 2. The molecule has 0 aromatic heterocycles. The Labute approximate surface area is 122 Å². The van der Waals surface area contributed by atoms with Crippen molar-refractivity contribution in [2.45, 2.75) is 18.4 Å². The van der Waals surface area contributed by atoms with Crippen LogP contribution in [0.5, 0.6) is 0 Å². The third-order valence-electron chi connectivity index (χ3n) is 3.37. The maximum Gasteiger partial charge on any atom is 0.200 e. The molecular formula is C13H13BBrN3O. The van der Waals surface area contributed by atoms with Gasteiger partial charge in [-0.2, -0.15) is 5.26 Å². The molecule has 6 heteroatoms. The minimum atomic E-state index is -0.625. The minimum Gasteiger partial charge on any atom is -0.367 e. The predicted octanol–water partition coefficient (Wildman–Crippen LogP) is 2.51. The number of nitrogens with one attached hydrogen (secondary N) is 1. The number of anilines is 1. The van der Waals surface area contributed by atoms with Crippen LogP contribution in [0, 0.1) is 11.3 Å². The first kappa shape index (κ1) is 13.9. The number of halogens is 1. The van der Waals surface area contributed by atoms with E-state index in [2.05, 4.69) is 27.3 Å². The lowest BCUT2D eigenvalue weighted by Crippen LogP contribution is -2.49. The third-order valence-corrected chi connectivity index (χ3v) is 3.90. The normalized spacial score (nSPS) is 17.6. The molecule has 1 fully saturated rings. The second-order valence-electron chi connectivity index (χ2n) is 4.65. The van der Waals surface area contributed by atoms with Crippen LogP contribution in [0.2, 0.25) is 0 Å². The molecule has 2 rings (SSSR count). The van der Waals surface area contributed by atoms with E-state index in [0.29, 0.717) is 25.9 Å². The summed E-state index contributed by atoms with van der Waals surface area (Å²) < 4.78 is 0.993. The van der Waals surface area contributed by atoms with E-state index in [1.54, 1.807) is 4.90 Å². The molecule has 2 radical (unpaired) electrons. The standard InChI is InChI=1S/C13H13BBrN3O/c14-12(19)18-7-5-13(9-16,6-8-18)17-11-3-1-10(15)2-4-11/h1-4,17H,5-8H2. The van der Waals surface area contributed by atoms with E-state index in [1.165, 1.54) is 0 Å². The van der Waals surface area contributed by atoms with Crippen LogP contribution in [0.1, 0.15) is 12.8 Å². The number of hydrogen-bond acceptors (Lipinski definition) is 3. The first-order valence-electron chi connectivity index (χ1n) is 6.04. The first-order valence-corrected chi connectivity index (χ1v) is 6.83. The Morgan fingerprint density at radius 1 is 1.37 bits per heavy atom. The van der Waals surface area contributed by atoms with E-state index >= 15 is 0 Å². The molecule has 1 aliphatic heterocycles. The molecule has 1 N–H and O–H groups in total. The van der Waals surface area contributed by atoms with E-state index in [0.717, 1.165) is 10.2 Å². The highest BCUT2D eigenvalue weighted by Crippen LogP contribution is 2.27. The summed E-state index contributed by atoms with van der Waals surface area (Å²) in [6.45, 7) is 1.01. The highest BCUT2D eigenvalue weighted by molar-refractivity contribution is 9.10. The number of hydrogen-bond donors (Lipinski definition) is 1. The number of nitriles is 1. The van der Waals surface area contributed by atoms with Gasteiger partial charge in [-0.15, -0.1) is 0 Å². The average Bonchev–Trinajstić information content (AvgIpc) is 2.42. The number of carbonyl (C=O) groups is 1. The Bertz CT molecular complexity index is 504. The van der Waals surface area contributed by atoms with Gasteiger partial charge in [0, 0.05) is 36.1 Å². The third kappa shape index (κ3) is 3.30. The summed E-state index contributed by atoms with van der Waals surface area (Å²) in [6.07, 6.45) is 1.14. The van der Waals surface area contributed by atoms with E-state index in [-0.39, 0.29) is 0 Å². The molecule has 96 valence electrons. The quantitative estimate of drug-likeness (QED) is 0.853. The van der Waals surface area contributed by atoms with Crippen molar-refractivity contribution < 1.29 is 4.79 Å². The SMILES string of the molecule is [B]C(=O)N1CCC(C#N)(Nc2ccc(Br)cc2)CC1. The van der Waals surface area contributed by atoms with Gasteiger partial charge in [-0.3, -0.25) is 4.79 Å². The van der Waals surface area contributed by atoms with Gasteiger partial charge in [0.1, 0.15) is 5.54 Å². The second-order valence-corrected chi connectivity index (χ2v) is 5.57. The summed E-state index contributed by atoms with van der Waals surface area (Å²) >= 11 is 3.37. The zero-order chi connectivity index (χ0) is 13.9. The smallest absolute Gasteiger partial charge is 0.200 e. The summed E-state index contributed by atoms with van der Waals surface area (Å²) in [5.41, 5.74) is 0.275. The Balaban J connectivity index is 2.07. The van der Waals surface area contributed by atoms with Gasteiger partial charge in [0.2, 0.25) is 7.85 Å². The van der Waals surface area contributed by atoms with Crippen LogP contribution in [0.25, 0.3) is 0 Å². The minimum absolute atomic E-state index is 0.421.